The molecule has 0 saturated carbocycles. The minimum Gasteiger partial charge on any atom is -0.311 e. The first-order chi connectivity index (χ1) is 33.6. The summed E-state index contributed by atoms with van der Waals surface area (Å²) in [5.41, 5.74) is 15.4. The Bertz CT molecular complexity index is 3420. The summed E-state index contributed by atoms with van der Waals surface area (Å²) < 4.78 is 0. The molecular formula is C66H50N2. The van der Waals surface area contributed by atoms with Crippen LogP contribution in [0.3, 0.4) is 0 Å². The van der Waals surface area contributed by atoms with E-state index < -0.39 is 0 Å². The molecule has 10 aromatic carbocycles. The lowest BCUT2D eigenvalue weighted by Gasteiger charge is -2.28. The molecule has 0 amide bonds. The van der Waals surface area contributed by atoms with Crippen LogP contribution in [0.15, 0.2) is 274 Å². The van der Waals surface area contributed by atoms with Gasteiger partial charge in [0.25, 0.3) is 0 Å². The highest BCUT2D eigenvalue weighted by atomic mass is 15.1. The second kappa shape index (κ2) is 20.0. The van der Waals surface area contributed by atoms with Crippen molar-refractivity contribution >= 4 is 74.3 Å². The molecule has 10 aromatic rings. The Labute approximate surface area is 400 Å². The van der Waals surface area contributed by atoms with Gasteiger partial charge >= 0.3 is 0 Å². The van der Waals surface area contributed by atoms with Crippen molar-refractivity contribution in [2.75, 3.05) is 9.80 Å². The summed E-state index contributed by atoms with van der Waals surface area (Å²) in [6.45, 7) is 8.33. The minimum atomic E-state index is 0.922. The van der Waals surface area contributed by atoms with E-state index in [0.29, 0.717) is 0 Å². The topological polar surface area (TPSA) is 6.48 Å². The van der Waals surface area contributed by atoms with Crippen molar-refractivity contribution in [2.24, 2.45) is 0 Å². The summed E-state index contributed by atoms with van der Waals surface area (Å²) in [4.78, 5) is 4.61. The number of anilines is 5. The van der Waals surface area contributed by atoms with Crippen LogP contribution < -0.4 is 9.80 Å². The van der Waals surface area contributed by atoms with E-state index in [1.807, 2.05) is 18.2 Å². The molecule has 0 aliphatic rings. The molecule has 10 rings (SSSR count). The van der Waals surface area contributed by atoms with Gasteiger partial charge in [0.15, 0.2) is 0 Å². The second-order valence-electron chi connectivity index (χ2n) is 16.7. The maximum Gasteiger partial charge on any atom is 0.0468 e. The van der Waals surface area contributed by atoms with E-state index in [4.69, 9.17) is 0 Å². The molecule has 0 N–H and O–H groups in total. The van der Waals surface area contributed by atoms with Crippen LogP contribution in [0.4, 0.5) is 28.4 Å². The molecule has 0 aliphatic carbocycles. The van der Waals surface area contributed by atoms with Gasteiger partial charge in [-0.2, -0.15) is 0 Å². The Morgan fingerprint density at radius 3 is 1.18 bits per heavy atom. The van der Waals surface area contributed by atoms with E-state index in [2.05, 4.69) is 284 Å². The van der Waals surface area contributed by atoms with E-state index in [1.54, 1.807) is 0 Å². The summed E-state index contributed by atoms with van der Waals surface area (Å²) in [6.07, 6.45) is 14.5. The zero-order chi connectivity index (χ0) is 46.1. The van der Waals surface area contributed by atoms with Gasteiger partial charge in [0, 0.05) is 34.1 Å². The van der Waals surface area contributed by atoms with Crippen LogP contribution in [0.1, 0.15) is 22.3 Å². The van der Waals surface area contributed by atoms with Gasteiger partial charge < -0.3 is 9.80 Å². The zero-order valence-electron chi connectivity index (χ0n) is 37.9. The summed E-state index contributed by atoms with van der Waals surface area (Å²) >= 11 is 0. The van der Waals surface area contributed by atoms with Gasteiger partial charge in [0.1, 0.15) is 0 Å². The maximum atomic E-state index is 4.26. The van der Waals surface area contributed by atoms with Crippen molar-refractivity contribution in [3.8, 4) is 22.3 Å². The Kier molecular flexibility index (Phi) is 12.7. The van der Waals surface area contributed by atoms with Gasteiger partial charge in [0.2, 0.25) is 0 Å². The Morgan fingerprint density at radius 2 is 0.721 bits per heavy atom. The van der Waals surface area contributed by atoms with Crippen molar-refractivity contribution in [2.45, 2.75) is 0 Å². The van der Waals surface area contributed by atoms with Crippen LogP contribution in [0, 0.1) is 0 Å². The predicted molar refractivity (Wildman–Crippen MR) is 295 cm³/mol. The average Bonchev–Trinajstić information content (AvgIpc) is 3.40. The van der Waals surface area contributed by atoms with Gasteiger partial charge in [0.05, 0.1) is 0 Å². The lowest BCUT2D eigenvalue weighted by molar-refractivity contribution is 1.21. The van der Waals surface area contributed by atoms with Gasteiger partial charge in [-0.15, -0.1) is 0 Å². The van der Waals surface area contributed by atoms with E-state index in [0.717, 1.165) is 94.6 Å². The number of allylic oxidation sites excluding steroid dienone is 3. The standard InChI is InChI=1S/C66H50N2/c1-3-22-55(4-2)67(56-31-14-7-15-32-56)59-41-43-61-63(47-59)65(53-29-20-27-51(45-53)39-37-49-23-10-5-11-24-49)62-44-42-60(68(57-33-16-8-17-34-57)58-35-18-9-19-36-58)48-64(62)66(61)54-30-21-28-52(46-54)40-38-50-25-12-6-13-26-50/h3-48H,1-2H2/b39-37+,40-38+,55-22+. The number of fused-ring (bicyclic) bond motifs is 2. The fraction of sp³-hybridized carbons (Fsp3) is 0. The predicted octanol–water partition coefficient (Wildman–Crippen LogP) is 18.5. The zero-order valence-corrected chi connectivity index (χ0v) is 37.9. The number of benzene rings is 10. The van der Waals surface area contributed by atoms with E-state index in [-0.39, 0.29) is 0 Å². The van der Waals surface area contributed by atoms with Crippen LogP contribution in [0.5, 0.6) is 0 Å². The van der Waals surface area contributed by atoms with Crippen LogP contribution >= 0.6 is 0 Å². The number of hydrogen-bond acceptors (Lipinski definition) is 2. The quantitative estimate of drug-likeness (QED) is 0.0610. The Morgan fingerprint density at radius 1 is 0.324 bits per heavy atom. The molecule has 0 saturated heterocycles. The SMILES string of the molecule is C=C/C=C(\C=C)N(c1ccccc1)c1ccc2c(-c3cccc(/C=C/c4ccccc4)c3)c3cc(N(c4ccccc4)c4ccccc4)ccc3c(-c3cccc(/C=C/c4ccccc4)c3)c2c1. The summed E-state index contributed by atoms with van der Waals surface area (Å²) in [6, 6.07) is 84.6. The van der Waals surface area contributed by atoms with Gasteiger partial charge in [-0.3, -0.25) is 0 Å². The monoisotopic (exact) mass is 870 g/mol. The Balaban J connectivity index is 1.29. The van der Waals surface area contributed by atoms with Crippen molar-refractivity contribution in [1.29, 1.82) is 0 Å². The largest absolute Gasteiger partial charge is 0.311 e. The first-order valence-corrected chi connectivity index (χ1v) is 23.1. The van der Waals surface area contributed by atoms with Crippen LogP contribution in [0.2, 0.25) is 0 Å². The fourth-order valence-corrected chi connectivity index (χ4v) is 9.19. The number of nitrogens with zero attached hydrogens (tertiary/aromatic N) is 2. The fourth-order valence-electron chi connectivity index (χ4n) is 9.19. The lowest BCUT2D eigenvalue weighted by atomic mass is 9.84. The molecule has 0 heterocycles. The molecule has 2 heteroatoms. The number of para-hydroxylation sites is 3. The van der Waals surface area contributed by atoms with Crippen molar-refractivity contribution in [3.63, 3.8) is 0 Å². The average molecular weight is 871 g/mol. The summed E-state index contributed by atoms with van der Waals surface area (Å²) in [5, 5.41) is 4.59. The molecule has 0 unspecified atom stereocenters. The summed E-state index contributed by atoms with van der Waals surface area (Å²) in [7, 11) is 0. The normalized spacial score (nSPS) is 11.6. The smallest absolute Gasteiger partial charge is 0.0468 e. The molecular weight excluding hydrogens is 821 g/mol. The van der Waals surface area contributed by atoms with Crippen molar-refractivity contribution in [3.05, 3.63) is 296 Å². The van der Waals surface area contributed by atoms with E-state index in [1.165, 1.54) is 5.56 Å². The third kappa shape index (κ3) is 9.13. The summed E-state index contributed by atoms with van der Waals surface area (Å²) in [5.74, 6) is 0. The van der Waals surface area contributed by atoms with Gasteiger partial charge in [-0.1, -0.05) is 207 Å². The molecule has 0 bridgehead atoms. The van der Waals surface area contributed by atoms with E-state index >= 15 is 0 Å². The molecule has 0 atom stereocenters. The molecule has 2 nitrogen and oxygen atoms in total. The second-order valence-corrected chi connectivity index (χ2v) is 16.7. The van der Waals surface area contributed by atoms with Gasteiger partial charge in [-0.05, 0) is 151 Å². The molecule has 0 spiro atoms. The third-order valence-corrected chi connectivity index (χ3v) is 12.3. The number of hydrogen-bond donors (Lipinski definition) is 0. The minimum absolute atomic E-state index is 0.922. The molecule has 68 heavy (non-hydrogen) atoms. The van der Waals surface area contributed by atoms with E-state index in [9.17, 15) is 0 Å². The first kappa shape index (κ1) is 42.9. The molecule has 0 aliphatic heterocycles. The maximum absolute atomic E-state index is 4.26. The van der Waals surface area contributed by atoms with Crippen molar-refractivity contribution in [1.82, 2.24) is 0 Å². The van der Waals surface area contributed by atoms with Gasteiger partial charge in [-0.25, -0.2) is 0 Å². The third-order valence-electron chi connectivity index (χ3n) is 12.3. The van der Waals surface area contributed by atoms with Crippen LogP contribution in [-0.2, 0) is 0 Å². The lowest BCUT2D eigenvalue weighted by Crippen LogP contribution is -2.15. The molecule has 0 fully saturated rings. The van der Waals surface area contributed by atoms with Crippen LogP contribution in [0.25, 0.3) is 68.1 Å². The molecule has 0 aromatic heterocycles. The first-order valence-electron chi connectivity index (χ1n) is 23.1. The van der Waals surface area contributed by atoms with Crippen molar-refractivity contribution < 1.29 is 0 Å². The van der Waals surface area contributed by atoms with Crippen LogP contribution in [-0.4, -0.2) is 0 Å². The molecule has 0 radical (unpaired) electrons. The highest BCUT2D eigenvalue weighted by Crippen LogP contribution is 2.48. The molecule has 324 valence electrons. The highest BCUT2D eigenvalue weighted by Gasteiger charge is 2.22. The highest BCUT2D eigenvalue weighted by molar-refractivity contribution is 6.22. The number of rotatable bonds is 14. The Hall–Kier alpha value is -8.98.